The number of nitrogens with one attached hydrogen (secondary N) is 1. The van der Waals surface area contributed by atoms with Crippen molar-refractivity contribution < 1.29 is 14.4 Å². The minimum atomic E-state index is -0.554. The molecule has 1 aliphatic heterocycles. The number of rotatable bonds is 4. The van der Waals surface area contributed by atoms with Gasteiger partial charge in [-0.05, 0) is 19.8 Å². The zero-order chi connectivity index (χ0) is 14.9. The predicted molar refractivity (Wildman–Crippen MR) is 73.8 cm³/mol. The van der Waals surface area contributed by atoms with Crippen molar-refractivity contribution >= 4 is 17.7 Å². The standard InChI is InChI=1S/C14H23N3O3/c1-9(13(19)16(2)3)15-11-8-12(18)17(14(11)20)10-6-4-5-7-10/h9-11,15H,4-8H2,1-3H3. The number of likely N-dealkylation sites (N-methyl/N-ethyl adjacent to an activating group) is 1. The molecule has 0 bridgehead atoms. The van der Waals surface area contributed by atoms with E-state index in [1.54, 1.807) is 21.0 Å². The molecule has 2 unspecified atom stereocenters. The first-order valence-corrected chi connectivity index (χ1v) is 7.25. The molecule has 1 saturated carbocycles. The second kappa shape index (κ2) is 5.91. The molecule has 2 aliphatic rings. The predicted octanol–water partition coefficient (Wildman–Crippen LogP) is 0.123. The summed E-state index contributed by atoms with van der Waals surface area (Å²) in [5.41, 5.74) is 0. The summed E-state index contributed by atoms with van der Waals surface area (Å²) in [7, 11) is 3.35. The van der Waals surface area contributed by atoms with Gasteiger partial charge in [0.2, 0.25) is 17.7 Å². The molecule has 0 spiro atoms. The maximum absolute atomic E-state index is 12.3. The number of nitrogens with zero attached hydrogens (tertiary/aromatic N) is 2. The fourth-order valence-electron chi connectivity index (χ4n) is 3.09. The van der Waals surface area contributed by atoms with Crippen molar-refractivity contribution in [2.24, 2.45) is 0 Å². The summed E-state index contributed by atoms with van der Waals surface area (Å²) in [5, 5.41) is 2.99. The molecule has 1 heterocycles. The van der Waals surface area contributed by atoms with E-state index in [0.29, 0.717) is 0 Å². The zero-order valence-electron chi connectivity index (χ0n) is 12.4. The third kappa shape index (κ3) is 2.85. The van der Waals surface area contributed by atoms with Gasteiger partial charge in [-0.2, -0.15) is 0 Å². The van der Waals surface area contributed by atoms with Gasteiger partial charge in [0.05, 0.1) is 18.5 Å². The van der Waals surface area contributed by atoms with E-state index in [-0.39, 0.29) is 30.2 Å². The third-order valence-corrected chi connectivity index (χ3v) is 4.14. The summed E-state index contributed by atoms with van der Waals surface area (Å²) in [6.45, 7) is 1.72. The lowest BCUT2D eigenvalue weighted by Gasteiger charge is -2.24. The van der Waals surface area contributed by atoms with Crippen LogP contribution in [0.15, 0.2) is 0 Å². The smallest absolute Gasteiger partial charge is 0.247 e. The Morgan fingerprint density at radius 1 is 1.30 bits per heavy atom. The fourth-order valence-corrected chi connectivity index (χ4v) is 3.09. The van der Waals surface area contributed by atoms with Crippen LogP contribution in [0.3, 0.4) is 0 Å². The van der Waals surface area contributed by atoms with Gasteiger partial charge in [-0.1, -0.05) is 12.8 Å². The monoisotopic (exact) mass is 281 g/mol. The molecule has 1 N–H and O–H groups in total. The molecule has 6 nitrogen and oxygen atoms in total. The number of likely N-dealkylation sites (tertiary alicyclic amines) is 1. The first kappa shape index (κ1) is 15.0. The SMILES string of the molecule is CC(NC1CC(=O)N(C2CCCC2)C1=O)C(=O)N(C)C. The van der Waals surface area contributed by atoms with Crippen LogP contribution in [0.25, 0.3) is 0 Å². The zero-order valence-corrected chi connectivity index (χ0v) is 12.4. The highest BCUT2D eigenvalue weighted by molar-refractivity contribution is 6.06. The van der Waals surface area contributed by atoms with Crippen LogP contribution in [0, 0.1) is 0 Å². The van der Waals surface area contributed by atoms with Gasteiger partial charge in [-0.15, -0.1) is 0 Å². The Balaban J connectivity index is 1.99. The van der Waals surface area contributed by atoms with Crippen LogP contribution in [0.5, 0.6) is 0 Å². The van der Waals surface area contributed by atoms with Gasteiger partial charge in [0, 0.05) is 20.1 Å². The Hall–Kier alpha value is -1.43. The maximum atomic E-state index is 12.3. The number of imide groups is 1. The van der Waals surface area contributed by atoms with E-state index >= 15 is 0 Å². The highest BCUT2D eigenvalue weighted by Gasteiger charge is 2.43. The van der Waals surface area contributed by atoms with Crippen molar-refractivity contribution in [1.29, 1.82) is 0 Å². The average Bonchev–Trinajstić information content (AvgIpc) is 2.98. The van der Waals surface area contributed by atoms with Gasteiger partial charge >= 0.3 is 0 Å². The van der Waals surface area contributed by atoms with Crippen LogP contribution >= 0.6 is 0 Å². The summed E-state index contributed by atoms with van der Waals surface area (Å²) in [5.74, 6) is -0.367. The molecular weight excluding hydrogens is 258 g/mol. The summed E-state index contributed by atoms with van der Waals surface area (Å²) in [6.07, 6.45) is 4.15. The van der Waals surface area contributed by atoms with Gasteiger partial charge < -0.3 is 4.90 Å². The van der Waals surface area contributed by atoms with Crippen molar-refractivity contribution in [2.75, 3.05) is 14.1 Å². The topological polar surface area (TPSA) is 69.7 Å². The molecule has 3 amide bonds. The van der Waals surface area contributed by atoms with Crippen LogP contribution in [0.1, 0.15) is 39.0 Å². The Morgan fingerprint density at radius 3 is 2.45 bits per heavy atom. The summed E-state index contributed by atoms with van der Waals surface area (Å²) < 4.78 is 0. The molecule has 2 rings (SSSR count). The minimum Gasteiger partial charge on any atom is -0.347 e. The van der Waals surface area contributed by atoms with Crippen molar-refractivity contribution in [3.05, 3.63) is 0 Å². The number of amides is 3. The van der Waals surface area contributed by atoms with Crippen LogP contribution in [-0.2, 0) is 14.4 Å². The Kier molecular flexibility index (Phi) is 4.42. The van der Waals surface area contributed by atoms with Gasteiger partial charge in [0.1, 0.15) is 0 Å². The summed E-state index contributed by atoms with van der Waals surface area (Å²) in [6, 6.07) is -0.945. The molecule has 0 aromatic rings. The van der Waals surface area contributed by atoms with Crippen LogP contribution in [0.4, 0.5) is 0 Å². The second-order valence-corrected chi connectivity index (χ2v) is 5.92. The molecule has 1 aliphatic carbocycles. The van der Waals surface area contributed by atoms with Crippen LogP contribution in [0.2, 0.25) is 0 Å². The highest BCUT2D eigenvalue weighted by atomic mass is 16.2. The first-order chi connectivity index (χ1) is 9.41. The summed E-state index contributed by atoms with van der Waals surface area (Å²) >= 11 is 0. The molecular formula is C14H23N3O3. The van der Waals surface area contributed by atoms with Gasteiger partial charge in [-0.25, -0.2) is 0 Å². The largest absolute Gasteiger partial charge is 0.347 e. The molecule has 0 radical (unpaired) electrons. The van der Waals surface area contributed by atoms with Crippen molar-refractivity contribution in [1.82, 2.24) is 15.1 Å². The van der Waals surface area contributed by atoms with Gasteiger partial charge in [-0.3, -0.25) is 24.6 Å². The Bertz CT molecular complexity index is 416. The third-order valence-electron chi connectivity index (χ3n) is 4.14. The fraction of sp³-hybridized carbons (Fsp3) is 0.786. The van der Waals surface area contributed by atoms with E-state index in [2.05, 4.69) is 5.32 Å². The van der Waals surface area contributed by atoms with E-state index < -0.39 is 12.1 Å². The lowest BCUT2D eigenvalue weighted by Crippen LogP contribution is -2.49. The van der Waals surface area contributed by atoms with Crippen LogP contribution in [-0.4, -0.2) is 59.7 Å². The van der Waals surface area contributed by atoms with Crippen molar-refractivity contribution in [3.8, 4) is 0 Å². The normalized spacial score (nSPS) is 25.4. The van der Waals surface area contributed by atoms with Gasteiger partial charge in [0.25, 0.3) is 0 Å². The van der Waals surface area contributed by atoms with E-state index in [1.165, 1.54) is 9.80 Å². The molecule has 6 heteroatoms. The Morgan fingerprint density at radius 2 is 1.90 bits per heavy atom. The van der Waals surface area contributed by atoms with Crippen molar-refractivity contribution in [3.63, 3.8) is 0 Å². The molecule has 2 atom stereocenters. The number of hydrogen-bond acceptors (Lipinski definition) is 4. The highest BCUT2D eigenvalue weighted by Crippen LogP contribution is 2.28. The van der Waals surface area contributed by atoms with E-state index in [1.807, 2.05) is 0 Å². The van der Waals surface area contributed by atoms with Crippen molar-refractivity contribution in [2.45, 2.75) is 57.2 Å². The lowest BCUT2D eigenvalue weighted by molar-refractivity contribution is -0.141. The van der Waals surface area contributed by atoms with Gasteiger partial charge in [0.15, 0.2) is 0 Å². The lowest BCUT2D eigenvalue weighted by atomic mass is 10.2. The molecule has 0 aromatic heterocycles. The molecule has 2 fully saturated rings. The minimum absolute atomic E-state index is 0.0710. The molecule has 1 saturated heterocycles. The second-order valence-electron chi connectivity index (χ2n) is 5.92. The average molecular weight is 281 g/mol. The molecule has 0 aromatic carbocycles. The quantitative estimate of drug-likeness (QED) is 0.743. The number of carbonyl (C=O) groups excluding carboxylic acids is 3. The Labute approximate surface area is 119 Å². The number of carbonyl (C=O) groups is 3. The van der Waals surface area contributed by atoms with E-state index in [0.717, 1.165) is 25.7 Å². The summed E-state index contributed by atoms with van der Waals surface area (Å²) in [4.78, 5) is 39.1. The first-order valence-electron chi connectivity index (χ1n) is 7.25. The molecule has 20 heavy (non-hydrogen) atoms. The van der Waals surface area contributed by atoms with E-state index in [9.17, 15) is 14.4 Å². The maximum Gasteiger partial charge on any atom is 0.247 e. The number of hydrogen-bond donors (Lipinski definition) is 1. The van der Waals surface area contributed by atoms with E-state index in [4.69, 9.17) is 0 Å². The molecule has 112 valence electrons. The van der Waals surface area contributed by atoms with Crippen LogP contribution < -0.4 is 5.32 Å².